The fraction of sp³-hybridized carbons (Fsp3) is 0.231. The predicted octanol–water partition coefficient (Wildman–Crippen LogP) is 6.15. The predicted molar refractivity (Wildman–Crippen MR) is 124 cm³/mol. The minimum Gasteiger partial charge on any atom is -0.487 e. The summed E-state index contributed by atoms with van der Waals surface area (Å²) in [5.74, 6) is -3.07. The lowest BCUT2D eigenvalue weighted by atomic mass is 9.87. The molecule has 0 atom stereocenters. The van der Waals surface area contributed by atoms with Crippen LogP contribution < -0.4 is 14.8 Å². The largest absolute Gasteiger partial charge is 0.573 e. The van der Waals surface area contributed by atoms with E-state index in [0.717, 1.165) is 23.3 Å². The third kappa shape index (κ3) is 7.23. The maximum Gasteiger partial charge on any atom is 0.573 e. The molecule has 3 aromatic rings. The molecular formula is C26H24F3NO5. The molecule has 0 fully saturated rings. The van der Waals surface area contributed by atoms with Crippen LogP contribution in [-0.2, 0) is 21.6 Å². The molecule has 184 valence electrons. The summed E-state index contributed by atoms with van der Waals surface area (Å²) in [4.78, 5) is 22.9. The Bertz CT molecular complexity index is 1200. The maximum atomic E-state index is 12.4. The summed E-state index contributed by atoms with van der Waals surface area (Å²) >= 11 is 0. The summed E-state index contributed by atoms with van der Waals surface area (Å²) in [6.45, 7) is 6.49. The number of benzene rings is 3. The second-order valence-electron chi connectivity index (χ2n) is 8.78. The van der Waals surface area contributed by atoms with E-state index in [4.69, 9.17) is 9.84 Å². The van der Waals surface area contributed by atoms with Gasteiger partial charge in [-0.3, -0.25) is 4.79 Å². The van der Waals surface area contributed by atoms with Gasteiger partial charge in [0.2, 0.25) is 0 Å². The van der Waals surface area contributed by atoms with Gasteiger partial charge in [-0.15, -0.1) is 13.2 Å². The van der Waals surface area contributed by atoms with E-state index in [1.807, 2.05) is 24.3 Å². The Kier molecular flexibility index (Phi) is 7.38. The molecular weight excluding hydrogens is 463 g/mol. The number of hydrogen-bond acceptors (Lipinski definition) is 4. The Hall–Kier alpha value is -4.01. The average molecular weight is 487 g/mol. The number of hydrogen-bond donors (Lipinski definition) is 2. The van der Waals surface area contributed by atoms with Gasteiger partial charge in [0.1, 0.15) is 18.1 Å². The molecule has 3 rings (SSSR count). The van der Waals surface area contributed by atoms with Crippen molar-refractivity contribution in [2.24, 2.45) is 0 Å². The van der Waals surface area contributed by atoms with Crippen molar-refractivity contribution in [1.29, 1.82) is 0 Å². The van der Waals surface area contributed by atoms with E-state index < -0.39 is 18.2 Å². The first-order valence-corrected chi connectivity index (χ1v) is 10.6. The molecule has 0 bridgehead atoms. The van der Waals surface area contributed by atoms with Crippen molar-refractivity contribution in [2.45, 2.75) is 39.2 Å². The molecule has 0 saturated heterocycles. The molecule has 6 nitrogen and oxygen atoms in total. The van der Waals surface area contributed by atoms with Gasteiger partial charge in [0.15, 0.2) is 0 Å². The average Bonchev–Trinajstić information content (AvgIpc) is 2.77. The van der Waals surface area contributed by atoms with E-state index >= 15 is 0 Å². The van der Waals surface area contributed by atoms with Gasteiger partial charge in [-0.1, -0.05) is 63.2 Å². The number of halogens is 3. The van der Waals surface area contributed by atoms with E-state index in [-0.39, 0.29) is 29.2 Å². The summed E-state index contributed by atoms with van der Waals surface area (Å²) in [6, 6.07) is 17.7. The topological polar surface area (TPSA) is 84.9 Å². The van der Waals surface area contributed by atoms with Gasteiger partial charge >= 0.3 is 18.2 Å². The highest BCUT2D eigenvalue weighted by Crippen LogP contribution is 2.33. The van der Waals surface area contributed by atoms with E-state index in [1.165, 1.54) is 18.2 Å². The minimum absolute atomic E-state index is 0.000569. The van der Waals surface area contributed by atoms with Crippen LogP contribution in [0, 0.1) is 0 Å². The number of carbonyl (C=O) groups excluding carboxylic acids is 1. The van der Waals surface area contributed by atoms with Gasteiger partial charge in [-0.2, -0.15) is 0 Å². The number of alkyl halides is 3. The Balaban J connectivity index is 1.83. The van der Waals surface area contributed by atoms with Gasteiger partial charge in [0.05, 0.1) is 5.69 Å². The maximum absolute atomic E-state index is 12.4. The molecule has 0 saturated carbocycles. The molecule has 35 heavy (non-hydrogen) atoms. The van der Waals surface area contributed by atoms with Crippen molar-refractivity contribution in [3.8, 4) is 22.6 Å². The van der Waals surface area contributed by atoms with Crippen molar-refractivity contribution in [2.75, 3.05) is 5.32 Å². The lowest BCUT2D eigenvalue weighted by molar-refractivity contribution is -0.274. The summed E-state index contributed by atoms with van der Waals surface area (Å²) in [7, 11) is 0. The number of amides is 1. The second kappa shape index (κ2) is 10.1. The molecule has 0 unspecified atom stereocenters. The summed E-state index contributed by atoms with van der Waals surface area (Å²) in [6.07, 6.45) is -4.80. The molecule has 0 spiro atoms. The molecule has 3 aromatic carbocycles. The number of carbonyl (C=O) groups is 2. The molecule has 9 heteroatoms. The minimum atomic E-state index is -4.80. The first kappa shape index (κ1) is 25.6. The Labute approximate surface area is 200 Å². The van der Waals surface area contributed by atoms with E-state index in [1.54, 1.807) is 12.1 Å². The first-order chi connectivity index (χ1) is 16.3. The third-order valence-electron chi connectivity index (χ3n) is 5.06. The van der Waals surface area contributed by atoms with Gasteiger partial charge in [-0.05, 0) is 51.9 Å². The third-order valence-corrected chi connectivity index (χ3v) is 5.06. The zero-order valence-electron chi connectivity index (χ0n) is 19.3. The smallest absolute Gasteiger partial charge is 0.487 e. The van der Waals surface area contributed by atoms with Crippen molar-refractivity contribution >= 4 is 17.6 Å². The monoisotopic (exact) mass is 487 g/mol. The van der Waals surface area contributed by atoms with E-state index in [9.17, 15) is 22.8 Å². The number of carboxylic acid groups (broad SMARTS) is 1. The van der Waals surface area contributed by atoms with Crippen molar-refractivity contribution in [3.05, 3.63) is 77.9 Å². The number of anilines is 1. The number of rotatable bonds is 6. The van der Waals surface area contributed by atoms with Crippen molar-refractivity contribution in [3.63, 3.8) is 0 Å². The summed E-state index contributed by atoms with van der Waals surface area (Å²) in [5, 5.41) is 11.3. The lowest BCUT2D eigenvalue weighted by Crippen LogP contribution is -2.22. The van der Waals surface area contributed by atoms with Gasteiger partial charge < -0.3 is 19.9 Å². The normalized spacial score (nSPS) is 11.6. The lowest BCUT2D eigenvalue weighted by Gasteiger charge is -2.19. The fourth-order valence-corrected chi connectivity index (χ4v) is 3.22. The zero-order valence-corrected chi connectivity index (χ0v) is 19.3. The highest BCUT2D eigenvalue weighted by molar-refractivity contribution is 6.36. The molecule has 0 aliphatic rings. The van der Waals surface area contributed by atoms with Crippen LogP contribution in [0.4, 0.5) is 18.9 Å². The van der Waals surface area contributed by atoms with E-state index in [0.29, 0.717) is 11.1 Å². The number of ether oxygens (including phenoxy) is 2. The van der Waals surface area contributed by atoms with Crippen molar-refractivity contribution in [1.82, 2.24) is 0 Å². The number of aliphatic carboxylic acids is 1. The molecule has 1 amide bonds. The quantitative estimate of drug-likeness (QED) is 0.407. The van der Waals surface area contributed by atoms with Crippen LogP contribution in [0.25, 0.3) is 11.1 Å². The Morgan fingerprint density at radius 2 is 1.49 bits per heavy atom. The van der Waals surface area contributed by atoms with Crippen molar-refractivity contribution < 1.29 is 37.3 Å². The van der Waals surface area contributed by atoms with Crippen LogP contribution >= 0.6 is 0 Å². The van der Waals surface area contributed by atoms with Crippen LogP contribution in [0.2, 0.25) is 0 Å². The molecule has 0 aliphatic heterocycles. The van der Waals surface area contributed by atoms with Gasteiger partial charge in [-0.25, -0.2) is 4.79 Å². The highest BCUT2D eigenvalue weighted by atomic mass is 19.4. The summed E-state index contributed by atoms with van der Waals surface area (Å²) < 4.78 is 46.9. The van der Waals surface area contributed by atoms with E-state index in [2.05, 4.69) is 30.8 Å². The zero-order chi connectivity index (χ0) is 25.8. The standard InChI is InChI=1S/C26H24F3NO5/c1-25(2,3)19-9-4-16(5-10-19)15-34-22-13-8-18(14-21(22)30-23(31)24(32)33)17-6-11-20(12-7-17)35-26(27,28)29/h4-14H,15H2,1-3H3,(H,30,31)(H,32,33). The van der Waals surface area contributed by atoms with Crippen LogP contribution in [0.5, 0.6) is 11.5 Å². The van der Waals surface area contributed by atoms with Crippen LogP contribution in [-0.4, -0.2) is 23.3 Å². The number of nitrogens with one attached hydrogen (secondary N) is 1. The molecule has 0 aromatic heterocycles. The molecule has 0 aliphatic carbocycles. The van der Waals surface area contributed by atoms with Gasteiger partial charge in [0.25, 0.3) is 0 Å². The first-order valence-electron chi connectivity index (χ1n) is 10.6. The SMILES string of the molecule is CC(C)(C)c1ccc(COc2ccc(-c3ccc(OC(F)(F)F)cc3)cc2NC(=O)C(=O)O)cc1. The Morgan fingerprint density at radius 3 is 2.03 bits per heavy atom. The second-order valence-corrected chi connectivity index (χ2v) is 8.78. The van der Waals surface area contributed by atoms with Crippen LogP contribution in [0.15, 0.2) is 66.7 Å². The molecule has 0 heterocycles. The highest BCUT2D eigenvalue weighted by Gasteiger charge is 2.31. The molecule has 0 radical (unpaired) electrons. The van der Waals surface area contributed by atoms with Gasteiger partial charge in [0, 0.05) is 0 Å². The molecule has 2 N–H and O–H groups in total. The Morgan fingerprint density at radius 1 is 0.886 bits per heavy atom. The van der Waals surface area contributed by atoms with Crippen LogP contribution in [0.1, 0.15) is 31.9 Å². The van der Waals surface area contributed by atoms with Crippen LogP contribution in [0.3, 0.4) is 0 Å². The number of carboxylic acids is 1. The fourth-order valence-electron chi connectivity index (χ4n) is 3.22. The summed E-state index contributed by atoms with van der Waals surface area (Å²) in [5.41, 5.74) is 3.18.